The Morgan fingerprint density at radius 3 is 2.71 bits per heavy atom. The fraction of sp³-hybridized carbons (Fsp3) is 0.100. The summed E-state index contributed by atoms with van der Waals surface area (Å²) >= 11 is 12.9. The molecule has 0 bridgehead atoms. The number of hydrogen-bond donors (Lipinski definition) is 0. The maximum atomic E-state index is 5.97. The standard InChI is InChI=1S/C10H6Br2ClN/c1-5-2-6-9(12)8(13)4-14-10(6)7(11)3-5/h2-4H,1H3. The van der Waals surface area contributed by atoms with Gasteiger partial charge < -0.3 is 0 Å². The minimum atomic E-state index is 0.634. The predicted octanol–water partition coefficient (Wildman–Crippen LogP) is 4.72. The van der Waals surface area contributed by atoms with Crippen LogP contribution in [0.5, 0.6) is 0 Å². The second-order valence-electron chi connectivity index (χ2n) is 3.06. The van der Waals surface area contributed by atoms with Crippen LogP contribution in [-0.2, 0) is 0 Å². The van der Waals surface area contributed by atoms with Crippen molar-refractivity contribution in [3.63, 3.8) is 0 Å². The number of halogens is 3. The molecule has 1 nitrogen and oxygen atoms in total. The molecule has 0 aliphatic rings. The van der Waals surface area contributed by atoms with Gasteiger partial charge in [-0.3, -0.25) is 4.98 Å². The van der Waals surface area contributed by atoms with Crippen LogP contribution in [0.1, 0.15) is 5.56 Å². The first-order valence-corrected chi connectivity index (χ1v) is 5.96. The molecule has 1 aromatic heterocycles. The number of benzene rings is 1. The molecule has 2 aromatic rings. The van der Waals surface area contributed by atoms with Gasteiger partial charge in [0.1, 0.15) is 0 Å². The molecule has 0 unspecified atom stereocenters. The lowest BCUT2D eigenvalue weighted by atomic mass is 10.1. The Balaban J connectivity index is 2.95. The van der Waals surface area contributed by atoms with Gasteiger partial charge in [0.15, 0.2) is 0 Å². The zero-order chi connectivity index (χ0) is 10.3. The Morgan fingerprint density at radius 1 is 1.29 bits per heavy atom. The second kappa shape index (κ2) is 3.80. The van der Waals surface area contributed by atoms with Crippen molar-refractivity contribution >= 4 is 54.4 Å². The fourth-order valence-corrected chi connectivity index (χ4v) is 2.57. The molecule has 0 saturated heterocycles. The molecule has 0 spiro atoms. The zero-order valence-corrected chi connectivity index (χ0v) is 11.2. The summed E-state index contributed by atoms with van der Waals surface area (Å²) in [5.41, 5.74) is 2.10. The molecule has 0 atom stereocenters. The van der Waals surface area contributed by atoms with Crippen molar-refractivity contribution in [1.29, 1.82) is 0 Å². The molecule has 1 aromatic carbocycles. The highest BCUT2D eigenvalue weighted by Gasteiger charge is 2.07. The quantitative estimate of drug-likeness (QED) is 0.679. The maximum absolute atomic E-state index is 5.97. The van der Waals surface area contributed by atoms with Crippen LogP contribution in [0.25, 0.3) is 10.9 Å². The first kappa shape index (κ1) is 10.4. The van der Waals surface area contributed by atoms with Crippen molar-refractivity contribution in [2.75, 3.05) is 0 Å². The van der Waals surface area contributed by atoms with Gasteiger partial charge in [-0.15, -0.1) is 0 Å². The highest BCUT2D eigenvalue weighted by atomic mass is 79.9. The summed E-state index contributed by atoms with van der Waals surface area (Å²) in [6.45, 7) is 2.04. The molecule has 14 heavy (non-hydrogen) atoms. The summed E-state index contributed by atoms with van der Waals surface area (Å²) in [6.07, 6.45) is 1.65. The Kier molecular flexibility index (Phi) is 2.82. The molecule has 0 saturated carbocycles. The van der Waals surface area contributed by atoms with E-state index in [-0.39, 0.29) is 0 Å². The normalized spacial score (nSPS) is 10.9. The van der Waals surface area contributed by atoms with Gasteiger partial charge >= 0.3 is 0 Å². The number of pyridine rings is 1. The minimum Gasteiger partial charge on any atom is -0.253 e. The second-order valence-corrected chi connectivity index (χ2v) is 5.12. The third kappa shape index (κ3) is 1.69. The van der Waals surface area contributed by atoms with E-state index in [0.29, 0.717) is 5.02 Å². The van der Waals surface area contributed by atoms with E-state index in [0.717, 1.165) is 19.8 Å². The smallest absolute Gasteiger partial charge is 0.0856 e. The van der Waals surface area contributed by atoms with Crippen molar-refractivity contribution < 1.29 is 0 Å². The Hall–Kier alpha value is -0.120. The van der Waals surface area contributed by atoms with Crippen molar-refractivity contribution in [2.24, 2.45) is 0 Å². The van der Waals surface area contributed by atoms with Crippen molar-refractivity contribution in [1.82, 2.24) is 4.98 Å². The predicted molar refractivity (Wildman–Crippen MR) is 66.9 cm³/mol. The van der Waals surface area contributed by atoms with E-state index in [9.17, 15) is 0 Å². The number of rotatable bonds is 0. The van der Waals surface area contributed by atoms with Crippen LogP contribution in [0, 0.1) is 6.92 Å². The molecule has 4 heteroatoms. The van der Waals surface area contributed by atoms with Gasteiger partial charge in [-0.25, -0.2) is 0 Å². The van der Waals surface area contributed by atoms with Crippen LogP contribution in [0.4, 0.5) is 0 Å². The lowest BCUT2D eigenvalue weighted by Crippen LogP contribution is -1.84. The molecule has 0 amide bonds. The molecule has 0 aliphatic heterocycles. The van der Waals surface area contributed by atoms with Crippen LogP contribution in [0.15, 0.2) is 27.3 Å². The van der Waals surface area contributed by atoms with Crippen molar-refractivity contribution in [2.45, 2.75) is 6.92 Å². The van der Waals surface area contributed by atoms with E-state index in [1.807, 2.05) is 13.0 Å². The Morgan fingerprint density at radius 2 is 2.00 bits per heavy atom. The molecular weight excluding hydrogens is 329 g/mol. The number of aryl methyl sites for hydroxylation is 1. The molecule has 72 valence electrons. The largest absolute Gasteiger partial charge is 0.253 e. The molecule has 0 radical (unpaired) electrons. The Bertz CT molecular complexity index is 511. The van der Waals surface area contributed by atoms with Crippen LogP contribution in [0.2, 0.25) is 5.02 Å². The average Bonchev–Trinajstić information content (AvgIpc) is 2.12. The van der Waals surface area contributed by atoms with Crippen LogP contribution in [0.3, 0.4) is 0 Å². The summed E-state index contributed by atoms with van der Waals surface area (Å²) < 4.78 is 1.89. The number of aromatic nitrogens is 1. The van der Waals surface area contributed by atoms with Gasteiger partial charge in [0.2, 0.25) is 0 Å². The highest BCUT2D eigenvalue weighted by Crippen LogP contribution is 2.33. The van der Waals surface area contributed by atoms with E-state index in [1.54, 1.807) is 6.20 Å². The third-order valence-electron chi connectivity index (χ3n) is 1.96. The fourth-order valence-electron chi connectivity index (χ4n) is 1.34. The summed E-state index contributed by atoms with van der Waals surface area (Å²) in [5, 5.41) is 1.67. The lowest BCUT2D eigenvalue weighted by Gasteiger charge is -2.05. The monoisotopic (exact) mass is 333 g/mol. The first-order chi connectivity index (χ1) is 6.59. The van der Waals surface area contributed by atoms with Crippen molar-refractivity contribution in [3.05, 3.63) is 37.9 Å². The molecule has 0 aliphatic carbocycles. The number of fused-ring (bicyclic) bond motifs is 1. The summed E-state index contributed by atoms with van der Waals surface area (Å²) in [7, 11) is 0. The Labute approximate surface area is 104 Å². The maximum Gasteiger partial charge on any atom is 0.0856 e. The SMILES string of the molecule is Cc1cc(Br)c2ncc(Cl)c(Br)c2c1. The molecule has 2 rings (SSSR count). The zero-order valence-electron chi connectivity index (χ0n) is 7.31. The van der Waals surface area contributed by atoms with Gasteiger partial charge in [0.05, 0.1) is 10.5 Å². The molecule has 1 heterocycles. The highest BCUT2D eigenvalue weighted by molar-refractivity contribution is 9.11. The van der Waals surface area contributed by atoms with Gasteiger partial charge in [-0.05, 0) is 56.5 Å². The van der Waals surface area contributed by atoms with Gasteiger partial charge in [-0.2, -0.15) is 0 Å². The van der Waals surface area contributed by atoms with Crippen LogP contribution in [-0.4, -0.2) is 4.98 Å². The summed E-state index contributed by atoms with van der Waals surface area (Å²) in [4.78, 5) is 4.27. The topological polar surface area (TPSA) is 12.9 Å². The molecule has 0 N–H and O–H groups in total. The van der Waals surface area contributed by atoms with Gasteiger partial charge in [-0.1, -0.05) is 11.6 Å². The molecule has 0 fully saturated rings. The van der Waals surface area contributed by atoms with E-state index < -0.39 is 0 Å². The number of nitrogens with zero attached hydrogens (tertiary/aromatic N) is 1. The third-order valence-corrected chi connectivity index (χ3v) is 3.93. The number of hydrogen-bond acceptors (Lipinski definition) is 1. The van der Waals surface area contributed by atoms with Crippen LogP contribution >= 0.6 is 43.5 Å². The summed E-state index contributed by atoms with van der Waals surface area (Å²) in [6, 6.07) is 4.10. The van der Waals surface area contributed by atoms with E-state index >= 15 is 0 Å². The minimum absolute atomic E-state index is 0.634. The van der Waals surface area contributed by atoms with Crippen molar-refractivity contribution in [3.8, 4) is 0 Å². The van der Waals surface area contributed by atoms with E-state index in [1.165, 1.54) is 5.56 Å². The lowest BCUT2D eigenvalue weighted by molar-refractivity contribution is 1.37. The van der Waals surface area contributed by atoms with E-state index in [4.69, 9.17) is 11.6 Å². The van der Waals surface area contributed by atoms with Crippen LogP contribution < -0.4 is 0 Å². The van der Waals surface area contributed by atoms with Gasteiger partial charge in [0, 0.05) is 20.5 Å². The van der Waals surface area contributed by atoms with Gasteiger partial charge in [0.25, 0.3) is 0 Å². The molecular formula is C10H6Br2ClN. The first-order valence-electron chi connectivity index (χ1n) is 3.99. The summed E-state index contributed by atoms with van der Waals surface area (Å²) in [5.74, 6) is 0. The van der Waals surface area contributed by atoms with E-state index in [2.05, 4.69) is 42.9 Å². The average molecular weight is 335 g/mol.